The van der Waals surface area contributed by atoms with Crippen molar-refractivity contribution in [2.75, 3.05) is 14.1 Å². The molecule has 56 heavy (non-hydrogen) atoms. The van der Waals surface area contributed by atoms with Crippen LogP contribution in [0.15, 0.2) is 122 Å². The fourth-order valence-corrected chi connectivity index (χ4v) is 9.26. The Labute approximate surface area is 332 Å². The van der Waals surface area contributed by atoms with Crippen LogP contribution in [0.2, 0.25) is 0 Å². The van der Waals surface area contributed by atoms with Crippen molar-refractivity contribution in [3.63, 3.8) is 0 Å². The van der Waals surface area contributed by atoms with Crippen molar-refractivity contribution < 1.29 is 0 Å². The molecule has 0 bridgehead atoms. The van der Waals surface area contributed by atoms with Crippen molar-refractivity contribution in [1.29, 1.82) is 0 Å². The highest BCUT2D eigenvalue weighted by atomic mass is 15.2. The Morgan fingerprint density at radius 2 is 1.27 bits per heavy atom. The smallest absolute Gasteiger partial charge is 0.0607 e. The zero-order valence-electron chi connectivity index (χ0n) is 33.1. The van der Waals surface area contributed by atoms with Gasteiger partial charge in [0.2, 0.25) is 0 Å². The molecular formula is C48H54N8. The molecule has 286 valence electrons. The van der Waals surface area contributed by atoms with Crippen LogP contribution in [-0.4, -0.2) is 53.8 Å². The minimum Gasteiger partial charge on any atom is -0.289 e. The molecule has 0 aromatic carbocycles. The maximum atomic E-state index is 5.53. The Morgan fingerprint density at radius 1 is 0.607 bits per heavy atom. The molecule has 2 saturated heterocycles. The Balaban J connectivity index is 1.06. The van der Waals surface area contributed by atoms with Gasteiger partial charge < -0.3 is 0 Å². The van der Waals surface area contributed by atoms with E-state index < -0.39 is 0 Å². The predicted molar refractivity (Wildman–Crippen MR) is 222 cm³/mol. The van der Waals surface area contributed by atoms with Gasteiger partial charge in [-0.15, -0.1) is 0 Å². The topological polar surface area (TPSA) is 83.8 Å². The maximum Gasteiger partial charge on any atom is 0.0607 e. The van der Waals surface area contributed by atoms with Crippen molar-refractivity contribution in [3.05, 3.63) is 179 Å². The highest BCUT2D eigenvalue weighted by Crippen LogP contribution is 2.43. The summed E-state index contributed by atoms with van der Waals surface area (Å²) in [5.41, 5.74) is 11.8. The van der Waals surface area contributed by atoms with Crippen LogP contribution < -0.4 is 0 Å². The number of aromatic nitrogens is 6. The molecule has 0 spiro atoms. The minimum atomic E-state index is 0.201. The van der Waals surface area contributed by atoms with E-state index in [0.29, 0.717) is 0 Å². The average molecular weight is 743 g/mol. The monoisotopic (exact) mass is 742 g/mol. The van der Waals surface area contributed by atoms with Gasteiger partial charge in [-0.2, -0.15) is 0 Å². The van der Waals surface area contributed by atoms with Crippen LogP contribution in [0.3, 0.4) is 0 Å². The number of hydrogen-bond acceptors (Lipinski definition) is 8. The van der Waals surface area contributed by atoms with Crippen LogP contribution in [0.5, 0.6) is 0 Å². The molecule has 6 aromatic rings. The van der Waals surface area contributed by atoms with Crippen molar-refractivity contribution in [2.45, 2.75) is 101 Å². The largest absolute Gasteiger partial charge is 0.289 e. The van der Waals surface area contributed by atoms with Gasteiger partial charge >= 0.3 is 0 Å². The molecule has 2 aliphatic heterocycles. The second-order valence-electron chi connectivity index (χ2n) is 15.8. The lowest BCUT2D eigenvalue weighted by molar-refractivity contribution is 0.108. The molecule has 0 saturated carbocycles. The first-order valence-corrected chi connectivity index (χ1v) is 20.5. The van der Waals surface area contributed by atoms with E-state index in [-0.39, 0.29) is 30.1 Å². The van der Waals surface area contributed by atoms with Crippen LogP contribution in [-0.2, 0) is 19.3 Å². The first-order chi connectivity index (χ1) is 27.5. The minimum absolute atomic E-state index is 0.201. The maximum absolute atomic E-state index is 5.53. The second kappa shape index (κ2) is 17.7. The molecule has 0 amide bonds. The Morgan fingerprint density at radius 3 is 2.00 bits per heavy atom. The van der Waals surface area contributed by atoms with Gasteiger partial charge in [-0.25, -0.2) is 0 Å². The van der Waals surface area contributed by atoms with E-state index in [4.69, 9.17) is 19.9 Å². The lowest BCUT2D eigenvalue weighted by atomic mass is 9.85. The molecule has 0 aliphatic carbocycles. The number of likely N-dealkylation sites (tertiary alicyclic amines) is 2. The van der Waals surface area contributed by atoms with Gasteiger partial charge in [-0.05, 0) is 150 Å². The van der Waals surface area contributed by atoms with Crippen LogP contribution in [0, 0.1) is 6.92 Å². The number of aryl methyl sites for hydroxylation is 2. The van der Waals surface area contributed by atoms with Crippen LogP contribution >= 0.6 is 0 Å². The first kappa shape index (κ1) is 37.7. The van der Waals surface area contributed by atoms with Gasteiger partial charge in [0.1, 0.15) is 0 Å². The molecule has 2 fully saturated rings. The third-order valence-corrected chi connectivity index (χ3v) is 12.3. The third kappa shape index (κ3) is 8.62. The van der Waals surface area contributed by atoms with Gasteiger partial charge in [-0.3, -0.25) is 39.7 Å². The fraction of sp³-hybridized carbons (Fsp3) is 0.375. The third-order valence-electron chi connectivity index (χ3n) is 12.3. The van der Waals surface area contributed by atoms with Crippen LogP contribution in [0.4, 0.5) is 0 Å². The normalized spacial score (nSPS) is 21.1. The second-order valence-corrected chi connectivity index (χ2v) is 15.8. The molecule has 8 heteroatoms. The molecule has 2 aliphatic rings. The zero-order chi connectivity index (χ0) is 38.3. The first-order valence-electron chi connectivity index (χ1n) is 20.5. The molecule has 1 unspecified atom stereocenters. The lowest BCUT2D eigenvalue weighted by Crippen LogP contribution is -2.35. The van der Waals surface area contributed by atoms with Crippen LogP contribution in [0.25, 0.3) is 0 Å². The van der Waals surface area contributed by atoms with Crippen molar-refractivity contribution in [3.8, 4) is 0 Å². The molecular weight excluding hydrogens is 689 g/mol. The summed E-state index contributed by atoms with van der Waals surface area (Å²) < 4.78 is 0. The summed E-state index contributed by atoms with van der Waals surface area (Å²) in [7, 11) is 4.53. The Bertz CT molecular complexity index is 2180. The summed E-state index contributed by atoms with van der Waals surface area (Å²) in [5.74, 6) is 0.218. The molecule has 8 rings (SSSR count). The van der Waals surface area contributed by atoms with Gasteiger partial charge in [-0.1, -0.05) is 36.4 Å². The van der Waals surface area contributed by atoms with Crippen molar-refractivity contribution in [2.24, 2.45) is 0 Å². The number of hydrogen-bond donors (Lipinski definition) is 0. The van der Waals surface area contributed by atoms with Gasteiger partial charge in [0.25, 0.3) is 0 Å². The quantitative estimate of drug-likeness (QED) is 0.123. The van der Waals surface area contributed by atoms with E-state index >= 15 is 0 Å². The molecule has 8 nitrogen and oxygen atoms in total. The fourth-order valence-electron chi connectivity index (χ4n) is 9.26. The predicted octanol–water partition coefficient (Wildman–Crippen LogP) is 9.71. The Kier molecular flexibility index (Phi) is 12.0. The molecule has 5 atom stereocenters. The average Bonchev–Trinajstić information content (AvgIpc) is 3.24. The van der Waals surface area contributed by atoms with E-state index in [1.54, 1.807) is 0 Å². The van der Waals surface area contributed by atoms with Crippen molar-refractivity contribution >= 4 is 0 Å². The van der Waals surface area contributed by atoms with E-state index in [2.05, 4.69) is 108 Å². The number of pyridine rings is 6. The molecule has 6 aromatic heterocycles. The summed E-state index contributed by atoms with van der Waals surface area (Å²) in [6, 6.07) is 33.1. The molecule has 0 radical (unpaired) electrons. The Hall–Kier alpha value is -5.18. The summed E-state index contributed by atoms with van der Waals surface area (Å²) in [6.07, 6.45) is 19.8. The highest BCUT2D eigenvalue weighted by molar-refractivity contribution is 5.30. The zero-order valence-corrected chi connectivity index (χ0v) is 33.1. The van der Waals surface area contributed by atoms with E-state index in [0.717, 1.165) is 92.7 Å². The highest BCUT2D eigenvalue weighted by Gasteiger charge is 2.34. The van der Waals surface area contributed by atoms with Gasteiger partial charge in [0, 0.05) is 60.4 Å². The standard InChI is InChI=1S/C48H54N8/c1-34-13-10-29-51-47(34)45-23-8-22-44(55(45)2)42-20-7-18-40(54-42)36(26-25-35-14-11-27-49-33-35)31-37-15-12-30-52-48(37)46-24-9-21-43(56(46)3)41-19-6-17-39(53-41)32-38-16-4-5-28-50-38/h4-7,10-20,27-30,33,36,43-46H,8-9,21-26,31-32H2,1-3H3/t36?,43-,44-,45+,46+/m1/s1. The number of nitrogens with zero attached hydrogens (tertiary/aromatic N) is 8. The van der Waals surface area contributed by atoms with Gasteiger partial charge in [0.15, 0.2) is 0 Å². The SMILES string of the molecule is Cc1cccnc1[C@@H]1CCC[C@H](c2cccc(C(CCc3cccnc3)Cc3cccnc3[C@@H]3CCC[C@H](c4cccc(Cc5ccccn5)n4)N3C)n2)N1C. The van der Waals surface area contributed by atoms with Crippen LogP contribution in [0.1, 0.15) is 132 Å². The molecule has 0 N–H and O–H groups in total. The van der Waals surface area contributed by atoms with E-state index in [1.807, 2.05) is 55.2 Å². The summed E-state index contributed by atoms with van der Waals surface area (Å²) in [4.78, 5) is 34.7. The van der Waals surface area contributed by atoms with Crippen molar-refractivity contribution in [1.82, 2.24) is 39.7 Å². The summed E-state index contributed by atoms with van der Waals surface area (Å²) in [6.45, 7) is 2.18. The van der Waals surface area contributed by atoms with E-state index in [1.165, 1.54) is 28.1 Å². The number of piperidine rings is 2. The van der Waals surface area contributed by atoms with E-state index in [9.17, 15) is 0 Å². The lowest BCUT2D eigenvalue weighted by Gasteiger charge is -2.40. The molecule has 8 heterocycles. The van der Waals surface area contributed by atoms with Gasteiger partial charge in [0.05, 0.1) is 46.9 Å². The number of rotatable bonds is 12. The summed E-state index contributed by atoms with van der Waals surface area (Å²) in [5, 5.41) is 0. The summed E-state index contributed by atoms with van der Waals surface area (Å²) >= 11 is 0.